The lowest BCUT2D eigenvalue weighted by Gasteiger charge is -2.55. The van der Waals surface area contributed by atoms with Crippen molar-refractivity contribution in [2.45, 2.75) is 174 Å². The van der Waals surface area contributed by atoms with Gasteiger partial charge in [0.15, 0.2) is 0 Å². The average Bonchev–Trinajstić information content (AvgIpc) is 2.74. The van der Waals surface area contributed by atoms with Crippen LogP contribution in [-0.4, -0.2) is 45.9 Å². The first-order valence-electron chi connectivity index (χ1n) is 14.5. The molecule has 2 N–H and O–H groups in total. The number of hydrogen-bond donors (Lipinski definition) is 2. The third kappa shape index (κ3) is 13.4. The van der Waals surface area contributed by atoms with Crippen LogP contribution in [0.2, 0.25) is 0 Å². The zero-order valence-electron chi connectivity index (χ0n) is 23.6. The lowest BCUT2D eigenvalue weighted by Crippen LogP contribution is -2.64. The van der Waals surface area contributed by atoms with Crippen LogP contribution >= 0.6 is 0 Å². The summed E-state index contributed by atoms with van der Waals surface area (Å²) in [6.07, 6.45) is 23.5. The number of piperidine rings is 1. The van der Waals surface area contributed by atoms with Gasteiger partial charge in [-0.05, 0) is 66.3 Å². The maximum Gasteiger partial charge on any atom is 0.300 e. The lowest BCUT2D eigenvalue weighted by atomic mass is 9.79. The van der Waals surface area contributed by atoms with Gasteiger partial charge in [0.1, 0.15) is 0 Å². The minimum atomic E-state index is -0.833. The number of hydrogen-bond acceptors (Lipinski definition) is 4. The molecule has 0 radical (unpaired) electrons. The number of aliphatic carboxylic acids is 1. The third-order valence-electron chi connectivity index (χ3n) is 7.36. The van der Waals surface area contributed by atoms with Gasteiger partial charge in [0.2, 0.25) is 0 Å². The fourth-order valence-electron chi connectivity index (χ4n) is 5.93. The average molecular weight is 483 g/mol. The van der Waals surface area contributed by atoms with Crippen LogP contribution in [0.1, 0.15) is 151 Å². The highest BCUT2D eigenvalue weighted by atomic mass is 16.7. The summed E-state index contributed by atoms with van der Waals surface area (Å²) < 4.78 is 0. The van der Waals surface area contributed by atoms with Crippen molar-refractivity contribution in [2.75, 3.05) is 6.54 Å². The summed E-state index contributed by atoms with van der Waals surface area (Å²) in [5.74, 6) is -0.833. The van der Waals surface area contributed by atoms with E-state index in [1.165, 1.54) is 116 Å². The van der Waals surface area contributed by atoms with Crippen LogP contribution < -0.4 is 5.32 Å². The zero-order valence-corrected chi connectivity index (χ0v) is 23.6. The van der Waals surface area contributed by atoms with Crippen molar-refractivity contribution in [2.24, 2.45) is 0 Å². The van der Waals surface area contributed by atoms with Gasteiger partial charge in [0.25, 0.3) is 5.97 Å². The van der Waals surface area contributed by atoms with Crippen LogP contribution in [-0.2, 0) is 9.63 Å². The first-order chi connectivity index (χ1) is 16.1. The van der Waals surface area contributed by atoms with Crippen molar-refractivity contribution in [1.82, 2.24) is 10.4 Å². The number of carboxylic acids is 1. The molecule has 34 heavy (non-hydrogen) atoms. The van der Waals surface area contributed by atoms with E-state index in [1.807, 2.05) is 0 Å². The third-order valence-corrected chi connectivity index (χ3v) is 7.36. The van der Waals surface area contributed by atoms with E-state index in [4.69, 9.17) is 14.7 Å². The Morgan fingerprint density at radius 1 is 0.853 bits per heavy atom. The molecule has 1 aliphatic heterocycles. The molecule has 1 saturated heterocycles. The molecule has 0 aromatic carbocycles. The molecule has 1 aliphatic carbocycles. The summed E-state index contributed by atoms with van der Waals surface area (Å²) in [6.45, 7) is 14.1. The Kier molecular flexibility index (Phi) is 15.6. The van der Waals surface area contributed by atoms with Gasteiger partial charge < -0.3 is 10.4 Å². The summed E-state index contributed by atoms with van der Waals surface area (Å²) in [6, 6.07) is 0.611. The Morgan fingerprint density at radius 3 is 1.76 bits per heavy atom. The van der Waals surface area contributed by atoms with Crippen LogP contribution in [0.4, 0.5) is 0 Å². The van der Waals surface area contributed by atoms with Gasteiger partial charge in [-0.1, -0.05) is 84.0 Å². The standard InChI is InChI=1S/C27H54N2O.C2H4O2/c1-6-7-8-9-10-11-12-13-14-18-21-28-24-22-26(2,3)29(27(4,5)23-24)30-25-19-16-15-17-20-25;1-2(3)4/h24-25,28H,6-23H2,1-5H3;1H3,(H,3,4). The second kappa shape index (κ2) is 16.9. The minimum Gasteiger partial charge on any atom is -0.481 e. The molecule has 0 unspecified atom stereocenters. The highest BCUT2D eigenvalue weighted by Gasteiger charge is 2.47. The molecule has 0 aromatic rings. The minimum absolute atomic E-state index is 0.0919. The van der Waals surface area contributed by atoms with Gasteiger partial charge in [-0.25, -0.2) is 0 Å². The predicted octanol–water partition coefficient (Wildman–Crippen LogP) is 7.87. The highest BCUT2D eigenvalue weighted by Crippen LogP contribution is 2.40. The Balaban J connectivity index is 0.00000133. The molecule has 202 valence electrons. The molecule has 0 amide bonds. The van der Waals surface area contributed by atoms with E-state index < -0.39 is 5.97 Å². The van der Waals surface area contributed by atoms with Gasteiger partial charge in [-0.3, -0.25) is 9.63 Å². The molecular formula is C29H58N2O3. The van der Waals surface area contributed by atoms with Gasteiger partial charge in [0.05, 0.1) is 6.10 Å². The molecule has 2 aliphatic rings. The van der Waals surface area contributed by atoms with Crippen molar-refractivity contribution < 1.29 is 14.7 Å². The summed E-state index contributed by atoms with van der Waals surface area (Å²) in [5.41, 5.74) is 0.184. The number of rotatable bonds is 14. The van der Waals surface area contributed by atoms with Crippen LogP contribution in [0.3, 0.4) is 0 Å². The van der Waals surface area contributed by atoms with Crippen LogP contribution in [0, 0.1) is 0 Å². The molecule has 1 heterocycles. The van der Waals surface area contributed by atoms with Crippen LogP contribution in [0.5, 0.6) is 0 Å². The Morgan fingerprint density at radius 2 is 1.29 bits per heavy atom. The lowest BCUT2D eigenvalue weighted by molar-refractivity contribution is -0.310. The summed E-state index contributed by atoms with van der Waals surface area (Å²) >= 11 is 0. The first kappa shape index (κ1) is 31.4. The van der Waals surface area contributed by atoms with Gasteiger partial charge in [-0.2, -0.15) is 5.06 Å². The van der Waals surface area contributed by atoms with E-state index in [0.717, 1.165) is 6.92 Å². The van der Waals surface area contributed by atoms with Gasteiger partial charge >= 0.3 is 0 Å². The largest absolute Gasteiger partial charge is 0.481 e. The summed E-state index contributed by atoms with van der Waals surface area (Å²) in [7, 11) is 0. The highest BCUT2D eigenvalue weighted by molar-refractivity contribution is 5.62. The Labute approximate surface area is 211 Å². The molecular weight excluding hydrogens is 424 g/mol. The summed E-state index contributed by atoms with van der Waals surface area (Å²) in [4.78, 5) is 15.6. The predicted molar refractivity (Wildman–Crippen MR) is 144 cm³/mol. The van der Waals surface area contributed by atoms with Gasteiger partial charge in [-0.15, -0.1) is 0 Å². The van der Waals surface area contributed by atoms with Crippen molar-refractivity contribution in [1.29, 1.82) is 0 Å². The van der Waals surface area contributed by atoms with E-state index >= 15 is 0 Å². The zero-order chi connectivity index (χ0) is 25.5. The Bertz CT molecular complexity index is 507. The van der Waals surface area contributed by atoms with Crippen molar-refractivity contribution >= 4 is 5.97 Å². The number of unbranched alkanes of at least 4 members (excludes halogenated alkanes) is 9. The fraction of sp³-hybridized carbons (Fsp3) is 0.966. The fourth-order valence-corrected chi connectivity index (χ4v) is 5.93. The van der Waals surface area contributed by atoms with Crippen LogP contribution in [0.25, 0.3) is 0 Å². The maximum atomic E-state index is 9.00. The molecule has 2 rings (SSSR count). The SMILES string of the molecule is CC(=O)O.CCCCCCCCCCCCNC1CC(C)(C)N(OC2CCCCC2)C(C)(C)C1. The molecule has 0 bridgehead atoms. The topological polar surface area (TPSA) is 61.8 Å². The number of nitrogens with one attached hydrogen (secondary N) is 1. The molecule has 0 aromatic heterocycles. The number of carbonyl (C=O) groups is 1. The number of hydroxylamine groups is 2. The summed E-state index contributed by atoms with van der Waals surface area (Å²) in [5, 5.41) is 13.7. The molecule has 0 spiro atoms. The Hall–Kier alpha value is -0.650. The smallest absolute Gasteiger partial charge is 0.300 e. The maximum absolute atomic E-state index is 9.00. The molecule has 5 nitrogen and oxygen atoms in total. The van der Waals surface area contributed by atoms with E-state index in [9.17, 15) is 0 Å². The molecule has 5 heteroatoms. The quantitative estimate of drug-likeness (QED) is 0.247. The van der Waals surface area contributed by atoms with E-state index in [0.29, 0.717) is 12.1 Å². The van der Waals surface area contributed by atoms with Crippen molar-refractivity contribution in [3.8, 4) is 0 Å². The second-order valence-corrected chi connectivity index (χ2v) is 12.0. The van der Waals surface area contributed by atoms with E-state index in [-0.39, 0.29) is 11.1 Å². The van der Waals surface area contributed by atoms with Crippen molar-refractivity contribution in [3.63, 3.8) is 0 Å². The molecule has 1 saturated carbocycles. The number of nitrogens with zero attached hydrogens (tertiary/aromatic N) is 1. The monoisotopic (exact) mass is 482 g/mol. The molecule has 0 atom stereocenters. The number of carboxylic acid groups (broad SMARTS) is 1. The second-order valence-electron chi connectivity index (χ2n) is 12.0. The van der Waals surface area contributed by atoms with E-state index in [1.54, 1.807) is 0 Å². The molecule has 2 fully saturated rings. The van der Waals surface area contributed by atoms with Crippen molar-refractivity contribution in [3.05, 3.63) is 0 Å². The van der Waals surface area contributed by atoms with Crippen LogP contribution in [0.15, 0.2) is 0 Å². The first-order valence-corrected chi connectivity index (χ1v) is 14.5. The van der Waals surface area contributed by atoms with E-state index in [2.05, 4.69) is 45.0 Å². The van der Waals surface area contributed by atoms with Gasteiger partial charge in [0, 0.05) is 24.0 Å². The normalized spacial score (nSPS) is 21.1.